The van der Waals surface area contributed by atoms with E-state index in [9.17, 15) is 13.5 Å². The van der Waals surface area contributed by atoms with Crippen LogP contribution >= 0.6 is 0 Å². The van der Waals surface area contributed by atoms with E-state index in [1.54, 1.807) is 6.07 Å². The summed E-state index contributed by atoms with van der Waals surface area (Å²) in [5.74, 6) is 0.0373. The molecule has 1 heterocycles. The zero-order valence-corrected chi connectivity index (χ0v) is 12.8. The number of nitrogens with zero attached hydrogens (tertiary/aromatic N) is 1. The van der Waals surface area contributed by atoms with Crippen LogP contribution in [-0.2, 0) is 15.4 Å². The molecule has 7 nitrogen and oxygen atoms in total. The first-order chi connectivity index (χ1) is 9.59. The van der Waals surface area contributed by atoms with Gasteiger partial charge in [0.2, 0.25) is 0 Å². The highest BCUT2D eigenvalue weighted by Gasteiger charge is 2.20. The highest BCUT2D eigenvalue weighted by Crippen LogP contribution is 2.26. The van der Waals surface area contributed by atoms with Crippen molar-refractivity contribution >= 4 is 21.5 Å². The predicted molar refractivity (Wildman–Crippen MR) is 80.6 cm³/mol. The molecule has 0 saturated carbocycles. The van der Waals surface area contributed by atoms with E-state index in [1.165, 1.54) is 18.2 Å². The third kappa shape index (κ3) is 3.27. The number of phenolic OH excluding ortho intramolecular Hbond substituents is 1. The van der Waals surface area contributed by atoms with Crippen molar-refractivity contribution in [2.75, 3.05) is 10.5 Å². The number of nitrogens with one attached hydrogen (secondary N) is 2. The lowest BCUT2D eigenvalue weighted by Gasteiger charge is -2.14. The molecule has 21 heavy (non-hydrogen) atoms. The molecule has 0 radical (unpaired) electrons. The maximum absolute atomic E-state index is 12.2. The number of nitrogens with two attached hydrogens (primary N) is 1. The number of aromatic hydroxyl groups is 1. The van der Waals surface area contributed by atoms with Crippen LogP contribution in [0.3, 0.4) is 0 Å². The Bertz CT molecular complexity index is 760. The largest absolute Gasteiger partial charge is 0.506 e. The van der Waals surface area contributed by atoms with Crippen LogP contribution in [-0.4, -0.2) is 23.7 Å². The van der Waals surface area contributed by atoms with Gasteiger partial charge in [0.15, 0.2) is 5.82 Å². The fraction of sp³-hybridized carbons (Fsp3) is 0.308. The van der Waals surface area contributed by atoms with E-state index >= 15 is 0 Å². The monoisotopic (exact) mass is 310 g/mol. The predicted octanol–water partition coefficient (Wildman–Crippen LogP) is 1.80. The Morgan fingerprint density at radius 1 is 1.29 bits per heavy atom. The van der Waals surface area contributed by atoms with E-state index in [0.29, 0.717) is 0 Å². The summed E-state index contributed by atoms with van der Waals surface area (Å²) in [5.41, 5.74) is 6.15. The van der Waals surface area contributed by atoms with Gasteiger partial charge in [0.1, 0.15) is 5.75 Å². The lowest BCUT2D eigenvalue weighted by atomic mass is 9.92. The Morgan fingerprint density at radius 3 is 2.48 bits per heavy atom. The number of sulfonamides is 1. The van der Waals surface area contributed by atoms with Crippen molar-refractivity contribution in [3.63, 3.8) is 0 Å². The number of phenols is 1. The molecule has 0 amide bonds. The van der Waals surface area contributed by atoms with Gasteiger partial charge in [-0.1, -0.05) is 20.8 Å². The van der Waals surface area contributed by atoms with Crippen LogP contribution < -0.4 is 10.5 Å². The number of hydrogen-bond donors (Lipinski definition) is 4. The Balaban J connectivity index is 2.29. The van der Waals surface area contributed by atoms with Crippen molar-refractivity contribution in [1.29, 1.82) is 0 Å². The second-order valence-electron chi connectivity index (χ2n) is 5.74. The van der Waals surface area contributed by atoms with Gasteiger partial charge in [0.25, 0.3) is 10.0 Å². The lowest BCUT2D eigenvalue weighted by molar-refractivity contribution is 0.477. The van der Waals surface area contributed by atoms with Crippen LogP contribution in [0.15, 0.2) is 29.2 Å². The number of aromatic amines is 1. The maximum Gasteiger partial charge on any atom is 0.263 e. The molecular weight excluding hydrogens is 292 g/mol. The molecule has 2 aromatic rings. The zero-order chi connectivity index (χ0) is 15.8. The Hall–Kier alpha value is -2.22. The van der Waals surface area contributed by atoms with Crippen LogP contribution in [0.25, 0.3) is 0 Å². The Labute approximate surface area is 123 Å². The number of anilines is 2. The van der Waals surface area contributed by atoms with Gasteiger partial charge in [-0.05, 0) is 18.2 Å². The van der Waals surface area contributed by atoms with Gasteiger partial charge in [-0.3, -0.25) is 9.82 Å². The van der Waals surface area contributed by atoms with Crippen LogP contribution in [0.1, 0.15) is 26.5 Å². The molecule has 0 aliphatic carbocycles. The standard InChI is InChI=1S/C13H18N4O3S/c1-13(2,3)11-7-12(16-15-11)17-21(19,20)8-4-5-10(18)9(14)6-8/h4-7,18H,14H2,1-3H3,(H2,15,16,17). The summed E-state index contributed by atoms with van der Waals surface area (Å²) < 4.78 is 26.8. The fourth-order valence-corrected chi connectivity index (χ4v) is 2.68. The SMILES string of the molecule is CC(C)(C)c1cc(NS(=O)(=O)c2ccc(O)c(N)c2)n[nH]1. The van der Waals surface area contributed by atoms with Gasteiger partial charge < -0.3 is 10.8 Å². The van der Waals surface area contributed by atoms with Crippen molar-refractivity contribution in [3.05, 3.63) is 30.0 Å². The zero-order valence-electron chi connectivity index (χ0n) is 12.0. The van der Waals surface area contributed by atoms with Gasteiger partial charge in [-0.2, -0.15) is 5.10 Å². The first-order valence-corrected chi connectivity index (χ1v) is 7.75. The van der Waals surface area contributed by atoms with Gasteiger partial charge in [0, 0.05) is 17.2 Å². The molecule has 1 aromatic heterocycles. The van der Waals surface area contributed by atoms with Crippen molar-refractivity contribution in [2.45, 2.75) is 31.1 Å². The summed E-state index contributed by atoms with van der Waals surface area (Å²) in [6.07, 6.45) is 0. The maximum atomic E-state index is 12.2. The molecule has 5 N–H and O–H groups in total. The van der Waals surface area contributed by atoms with Crippen molar-refractivity contribution in [1.82, 2.24) is 10.2 Å². The summed E-state index contributed by atoms with van der Waals surface area (Å²) in [6.45, 7) is 5.96. The molecule has 0 fully saturated rings. The third-order valence-electron chi connectivity index (χ3n) is 2.93. The van der Waals surface area contributed by atoms with Gasteiger partial charge in [-0.25, -0.2) is 8.42 Å². The Kier molecular flexibility index (Phi) is 3.58. The minimum absolute atomic E-state index is 0.00437. The number of nitrogen functional groups attached to an aromatic ring is 1. The minimum Gasteiger partial charge on any atom is -0.506 e. The van der Waals surface area contributed by atoms with Crippen LogP contribution in [0, 0.1) is 0 Å². The summed E-state index contributed by atoms with van der Waals surface area (Å²) in [5, 5.41) is 16.1. The molecule has 114 valence electrons. The third-order valence-corrected chi connectivity index (χ3v) is 4.29. The number of aromatic nitrogens is 2. The van der Waals surface area contributed by atoms with E-state index in [4.69, 9.17) is 5.73 Å². The van der Waals surface area contributed by atoms with Crippen LogP contribution in [0.5, 0.6) is 5.75 Å². The average Bonchev–Trinajstić information content (AvgIpc) is 2.80. The highest BCUT2D eigenvalue weighted by molar-refractivity contribution is 7.92. The number of H-pyrrole nitrogens is 1. The van der Waals surface area contributed by atoms with Crippen molar-refractivity contribution in [2.24, 2.45) is 0 Å². The first kappa shape index (κ1) is 15.2. The van der Waals surface area contributed by atoms with E-state index in [0.717, 1.165) is 5.69 Å². The normalized spacial score (nSPS) is 12.3. The molecule has 0 unspecified atom stereocenters. The summed E-state index contributed by atoms with van der Waals surface area (Å²) >= 11 is 0. The van der Waals surface area contributed by atoms with Crippen molar-refractivity contribution < 1.29 is 13.5 Å². The fourth-order valence-electron chi connectivity index (χ4n) is 1.65. The molecule has 0 spiro atoms. The average molecular weight is 310 g/mol. The highest BCUT2D eigenvalue weighted by atomic mass is 32.2. The molecule has 0 aliphatic heterocycles. The number of hydrogen-bond acceptors (Lipinski definition) is 5. The molecule has 0 atom stereocenters. The smallest absolute Gasteiger partial charge is 0.263 e. The molecule has 0 bridgehead atoms. The molecule has 2 rings (SSSR count). The first-order valence-electron chi connectivity index (χ1n) is 6.27. The molecular formula is C13H18N4O3S. The molecule has 8 heteroatoms. The van der Waals surface area contributed by atoms with Crippen LogP contribution in [0.2, 0.25) is 0 Å². The van der Waals surface area contributed by atoms with Gasteiger partial charge >= 0.3 is 0 Å². The molecule has 1 aromatic carbocycles. The quantitative estimate of drug-likeness (QED) is 0.509. The van der Waals surface area contributed by atoms with E-state index < -0.39 is 10.0 Å². The second kappa shape index (κ2) is 4.96. The summed E-state index contributed by atoms with van der Waals surface area (Å²) in [7, 11) is -3.81. The topological polar surface area (TPSA) is 121 Å². The molecule has 0 saturated heterocycles. The minimum atomic E-state index is -3.81. The lowest BCUT2D eigenvalue weighted by Crippen LogP contribution is -2.13. The van der Waals surface area contributed by atoms with Gasteiger partial charge in [0.05, 0.1) is 10.6 Å². The van der Waals surface area contributed by atoms with E-state index in [1.807, 2.05) is 20.8 Å². The molecule has 0 aliphatic rings. The number of rotatable bonds is 3. The summed E-state index contributed by atoms with van der Waals surface area (Å²) in [6, 6.07) is 5.33. The second-order valence-corrected chi connectivity index (χ2v) is 7.43. The van der Waals surface area contributed by atoms with Crippen LogP contribution in [0.4, 0.5) is 11.5 Å². The summed E-state index contributed by atoms with van der Waals surface area (Å²) in [4.78, 5) is -0.0434. The number of benzene rings is 1. The Morgan fingerprint density at radius 2 is 1.95 bits per heavy atom. The van der Waals surface area contributed by atoms with E-state index in [-0.39, 0.29) is 27.6 Å². The van der Waals surface area contributed by atoms with Gasteiger partial charge in [-0.15, -0.1) is 0 Å². The van der Waals surface area contributed by atoms with Crippen molar-refractivity contribution in [3.8, 4) is 5.75 Å². The van der Waals surface area contributed by atoms with E-state index in [2.05, 4.69) is 14.9 Å².